The number of carbonyl (C=O) groups excluding carboxylic acids is 10. The summed E-state index contributed by atoms with van der Waals surface area (Å²) in [4.78, 5) is 170. The van der Waals surface area contributed by atoms with Gasteiger partial charge in [-0.3, -0.25) is 57.5 Å². The summed E-state index contributed by atoms with van der Waals surface area (Å²) in [5.74, 6) is -16.5. The van der Waals surface area contributed by atoms with Crippen molar-refractivity contribution in [1.82, 2.24) is 47.9 Å². The minimum absolute atomic E-state index is 0.149. The van der Waals surface area contributed by atoms with E-state index < -0.39 is 187 Å². The molecule has 11 atom stereocenters. The van der Waals surface area contributed by atoms with Crippen LogP contribution in [0.5, 0.6) is 5.75 Å². The number of phenols is 1. The standard InChI is InChI=1S/C50H80N12O18S/c1-23(2)19-32(45(74)59-34(21-38(68)69)47(76)58-33(20-27-10-12-28(64)13-11-27)46(75)60-35(22-81)50(79)80)57-44(73)31(15-17-37(66)67)56-43(72)30(14-16-36(53)65)55-41(70)25(5)54-49(78)40(26(6)63)62-48(77)39(24(3)4)61-42(71)29(52)9-7-8-18-51/h10-13,23-26,29-35,39-40,63-64,81H,7-9,14-22,51-52H2,1-6H3,(H2,53,65)(H,54,78)(H,55,70)(H,56,72)(H,57,73)(H,58,76)(H,59,74)(H,60,75)(H,61,71)(H,62,77)(H,66,67)(H,68,69)(H,79,80)/t25-,26+,29-,30-,31-,32-,33-,34-,35-,39-,40-/m0/s1. The van der Waals surface area contributed by atoms with E-state index in [2.05, 4.69) is 60.5 Å². The maximum absolute atomic E-state index is 14.0. The molecule has 20 N–H and O–H groups in total. The highest BCUT2D eigenvalue weighted by Crippen LogP contribution is 2.14. The van der Waals surface area contributed by atoms with Crippen LogP contribution in [-0.4, -0.2) is 181 Å². The zero-order chi connectivity index (χ0) is 61.8. The SMILES string of the molecule is CC(C)C[C@H](NC(=O)[C@H](CCC(=O)O)NC(=O)[C@H](CCC(N)=O)NC(=O)[C@H](C)NC(=O)[C@@H](NC(=O)[C@@H](NC(=O)[C@@H](N)CCCCN)C(C)C)[C@@H](C)O)C(=O)N[C@@H](CC(=O)O)C(=O)N[C@@H](Cc1ccc(O)cc1)C(=O)N[C@@H](CS)C(=O)O. The number of unbranched alkanes of at least 4 members (excludes halogenated alkanes) is 1. The van der Waals surface area contributed by atoms with E-state index in [1.807, 2.05) is 0 Å². The fourth-order valence-corrected chi connectivity index (χ4v) is 7.80. The van der Waals surface area contributed by atoms with E-state index in [9.17, 15) is 87.9 Å². The Morgan fingerprint density at radius 2 is 1.00 bits per heavy atom. The van der Waals surface area contributed by atoms with Crippen LogP contribution in [0.15, 0.2) is 24.3 Å². The predicted octanol–water partition coefficient (Wildman–Crippen LogP) is -4.52. The van der Waals surface area contributed by atoms with Crippen LogP contribution < -0.4 is 65.1 Å². The van der Waals surface area contributed by atoms with Gasteiger partial charge in [-0.1, -0.05) is 46.2 Å². The Labute approximate surface area is 473 Å². The second-order valence-electron chi connectivity index (χ2n) is 20.0. The first-order chi connectivity index (χ1) is 37.8. The summed E-state index contributed by atoms with van der Waals surface area (Å²) >= 11 is 3.92. The number of rotatable bonds is 38. The van der Waals surface area contributed by atoms with Crippen LogP contribution >= 0.6 is 12.6 Å². The molecule has 0 spiro atoms. The molecule has 0 saturated heterocycles. The molecule has 0 aromatic heterocycles. The molecule has 0 radical (unpaired) electrons. The van der Waals surface area contributed by atoms with Crippen molar-refractivity contribution >= 4 is 89.6 Å². The summed E-state index contributed by atoms with van der Waals surface area (Å²) in [6, 6.07) is -10.4. The van der Waals surface area contributed by atoms with E-state index in [-0.39, 0.29) is 30.8 Å². The summed E-state index contributed by atoms with van der Waals surface area (Å²) in [6.45, 7) is 9.14. The van der Waals surface area contributed by atoms with Crippen molar-refractivity contribution in [2.24, 2.45) is 29.0 Å². The van der Waals surface area contributed by atoms with Crippen molar-refractivity contribution in [3.05, 3.63) is 29.8 Å². The molecule has 81 heavy (non-hydrogen) atoms. The van der Waals surface area contributed by atoms with Crippen LogP contribution in [0, 0.1) is 11.8 Å². The molecule has 0 aliphatic rings. The molecule has 454 valence electrons. The van der Waals surface area contributed by atoms with Crippen LogP contribution in [0.2, 0.25) is 0 Å². The van der Waals surface area contributed by atoms with Crippen LogP contribution in [0.25, 0.3) is 0 Å². The summed E-state index contributed by atoms with van der Waals surface area (Å²) in [7, 11) is 0. The van der Waals surface area contributed by atoms with E-state index in [0.717, 1.165) is 13.8 Å². The quantitative estimate of drug-likeness (QED) is 0.0219. The largest absolute Gasteiger partial charge is 0.508 e. The normalized spacial score (nSPS) is 15.2. The van der Waals surface area contributed by atoms with Gasteiger partial charge in [-0.05, 0) is 82.0 Å². The third-order valence-corrected chi connectivity index (χ3v) is 12.5. The number of nitrogens with one attached hydrogen (secondary N) is 9. The molecule has 1 rings (SSSR count). The average molecular weight is 1170 g/mol. The van der Waals surface area contributed by atoms with Crippen LogP contribution in [0.4, 0.5) is 0 Å². The van der Waals surface area contributed by atoms with Gasteiger partial charge >= 0.3 is 17.9 Å². The maximum Gasteiger partial charge on any atom is 0.327 e. The predicted molar refractivity (Wildman–Crippen MR) is 291 cm³/mol. The number of hydrogen-bond acceptors (Lipinski definition) is 18. The number of phenolic OH excluding ortho intramolecular Hbond substituents is 1. The number of thiol groups is 1. The molecule has 1 aromatic carbocycles. The summed E-state index contributed by atoms with van der Waals surface area (Å²) in [6.07, 6.45) is -4.26. The van der Waals surface area contributed by atoms with Gasteiger partial charge in [0.2, 0.25) is 59.1 Å². The molecule has 30 nitrogen and oxygen atoms in total. The molecular weight excluding hydrogens is 1090 g/mol. The zero-order valence-electron chi connectivity index (χ0n) is 46.0. The molecule has 0 unspecified atom stereocenters. The number of aliphatic hydroxyl groups is 1. The molecule has 0 saturated carbocycles. The number of carboxylic acids is 3. The number of aromatic hydroxyl groups is 1. The Balaban J connectivity index is 3.45. The Kier molecular flexibility index (Phi) is 31.6. The lowest BCUT2D eigenvalue weighted by Crippen LogP contribution is -2.62. The molecule has 0 bridgehead atoms. The van der Waals surface area contributed by atoms with Crippen molar-refractivity contribution < 1.29 is 87.9 Å². The van der Waals surface area contributed by atoms with Gasteiger partial charge in [0.15, 0.2) is 0 Å². The van der Waals surface area contributed by atoms with Crippen LogP contribution in [-0.2, 0) is 68.7 Å². The first kappa shape index (κ1) is 71.4. The smallest absolute Gasteiger partial charge is 0.327 e. The first-order valence-electron chi connectivity index (χ1n) is 26.0. The highest BCUT2D eigenvalue weighted by Gasteiger charge is 2.37. The third-order valence-electron chi connectivity index (χ3n) is 12.1. The van der Waals surface area contributed by atoms with E-state index in [1.54, 1.807) is 27.7 Å². The Morgan fingerprint density at radius 3 is 1.49 bits per heavy atom. The number of carbonyl (C=O) groups is 13. The average Bonchev–Trinajstić information content (AvgIpc) is 3.37. The number of amides is 10. The second-order valence-corrected chi connectivity index (χ2v) is 20.4. The molecule has 10 amide bonds. The van der Waals surface area contributed by atoms with Crippen molar-refractivity contribution in [2.45, 2.75) is 172 Å². The first-order valence-corrected chi connectivity index (χ1v) is 26.7. The van der Waals surface area contributed by atoms with Crippen molar-refractivity contribution in [2.75, 3.05) is 12.3 Å². The van der Waals surface area contributed by atoms with Crippen molar-refractivity contribution in [3.63, 3.8) is 0 Å². The van der Waals surface area contributed by atoms with Gasteiger partial charge in [-0.2, -0.15) is 12.6 Å². The van der Waals surface area contributed by atoms with Crippen molar-refractivity contribution in [1.29, 1.82) is 0 Å². The fraction of sp³-hybridized carbons (Fsp3) is 0.620. The van der Waals surface area contributed by atoms with E-state index >= 15 is 0 Å². The van der Waals surface area contributed by atoms with E-state index in [0.29, 0.717) is 24.9 Å². The maximum atomic E-state index is 14.0. The Bertz CT molecular complexity index is 2360. The Morgan fingerprint density at radius 1 is 0.531 bits per heavy atom. The second kappa shape index (κ2) is 35.9. The van der Waals surface area contributed by atoms with Crippen molar-refractivity contribution in [3.8, 4) is 5.75 Å². The number of carboxylic acid groups (broad SMARTS) is 3. The van der Waals surface area contributed by atoms with Gasteiger partial charge in [-0.15, -0.1) is 0 Å². The molecular formula is C50H80N12O18S. The lowest BCUT2D eigenvalue weighted by Gasteiger charge is -2.28. The van der Waals surface area contributed by atoms with E-state index in [4.69, 9.17) is 17.2 Å². The molecule has 0 fully saturated rings. The lowest BCUT2D eigenvalue weighted by molar-refractivity contribution is -0.143. The molecule has 1 aromatic rings. The van der Waals surface area contributed by atoms with Crippen LogP contribution in [0.1, 0.15) is 105 Å². The highest BCUT2D eigenvalue weighted by molar-refractivity contribution is 7.80. The lowest BCUT2D eigenvalue weighted by atomic mass is 10.0. The van der Waals surface area contributed by atoms with Gasteiger partial charge < -0.3 is 90.6 Å². The van der Waals surface area contributed by atoms with Gasteiger partial charge in [-0.25, -0.2) is 4.79 Å². The number of benzene rings is 1. The number of hydrogen-bond donors (Lipinski definition) is 18. The van der Waals surface area contributed by atoms with Gasteiger partial charge in [0, 0.05) is 25.0 Å². The number of primary amides is 1. The fourth-order valence-electron chi connectivity index (χ4n) is 7.55. The number of aliphatic carboxylic acids is 3. The summed E-state index contributed by atoms with van der Waals surface area (Å²) in [5.41, 5.74) is 17.2. The van der Waals surface area contributed by atoms with Crippen LogP contribution in [0.3, 0.4) is 0 Å². The zero-order valence-corrected chi connectivity index (χ0v) is 46.9. The number of nitrogens with two attached hydrogens (primary N) is 3. The summed E-state index contributed by atoms with van der Waals surface area (Å²) in [5, 5.41) is 70.1. The topological polar surface area (TPSA) is 509 Å². The van der Waals surface area contributed by atoms with Gasteiger partial charge in [0.25, 0.3) is 0 Å². The van der Waals surface area contributed by atoms with Gasteiger partial charge in [0.05, 0.1) is 18.6 Å². The molecule has 0 aliphatic carbocycles. The third kappa shape index (κ3) is 26.9. The molecule has 0 heterocycles. The van der Waals surface area contributed by atoms with E-state index in [1.165, 1.54) is 24.3 Å². The highest BCUT2D eigenvalue weighted by atomic mass is 32.1. The van der Waals surface area contributed by atoms with Gasteiger partial charge in [0.1, 0.15) is 60.1 Å². The minimum atomic E-state index is -1.96. The Hall–Kier alpha value is -7.64. The molecule has 0 aliphatic heterocycles. The molecule has 31 heteroatoms. The monoisotopic (exact) mass is 1170 g/mol. The number of aliphatic hydroxyl groups excluding tert-OH is 1. The minimum Gasteiger partial charge on any atom is -0.508 e. The summed E-state index contributed by atoms with van der Waals surface area (Å²) < 4.78 is 0.